The summed E-state index contributed by atoms with van der Waals surface area (Å²) in [6, 6.07) is 15.6. The highest BCUT2D eigenvalue weighted by atomic mass is 32.1. The Morgan fingerprint density at radius 2 is 1.83 bits per heavy atom. The molecule has 3 aromatic heterocycles. The molecule has 0 spiro atoms. The number of hydrogen-bond acceptors (Lipinski definition) is 5. The highest BCUT2D eigenvalue weighted by molar-refractivity contribution is 7.20. The van der Waals surface area contributed by atoms with Gasteiger partial charge >= 0.3 is 0 Å². The predicted octanol–water partition coefficient (Wildman–Crippen LogP) is 4.28. The average Bonchev–Trinajstić information content (AvgIpc) is 3.48. The number of amides is 2. The van der Waals surface area contributed by atoms with E-state index in [1.807, 2.05) is 77.7 Å². The monoisotopic (exact) mass is 436 g/mol. The molecule has 0 aliphatic heterocycles. The topological polar surface area (TPSA) is 76.0 Å². The molecule has 6 nitrogen and oxygen atoms in total. The lowest BCUT2D eigenvalue weighted by Crippen LogP contribution is -2.42. The number of aromatic nitrogens is 2. The lowest BCUT2D eigenvalue weighted by molar-refractivity contribution is -0.121. The fourth-order valence-corrected chi connectivity index (χ4v) is 4.91. The highest BCUT2D eigenvalue weighted by Crippen LogP contribution is 2.27. The van der Waals surface area contributed by atoms with E-state index in [2.05, 4.69) is 15.8 Å². The fraction of sp³-hybridized carbons (Fsp3) is 0.136. The molecule has 0 aliphatic carbocycles. The van der Waals surface area contributed by atoms with Gasteiger partial charge in [0.1, 0.15) is 5.01 Å². The number of carbonyl (C=O) groups excluding carboxylic acids is 2. The van der Waals surface area contributed by atoms with E-state index in [1.54, 1.807) is 11.3 Å². The largest absolute Gasteiger partial charge is 0.318 e. The second-order valence-corrected chi connectivity index (χ2v) is 8.56. The van der Waals surface area contributed by atoms with E-state index in [0.717, 1.165) is 27.0 Å². The van der Waals surface area contributed by atoms with Crippen LogP contribution in [0, 0.1) is 13.8 Å². The van der Waals surface area contributed by atoms with E-state index in [9.17, 15) is 9.59 Å². The van der Waals surface area contributed by atoms with Crippen molar-refractivity contribution in [3.05, 3.63) is 81.9 Å². The first kappa shape index (κ1) is 20.1. The summed E-state index contributed by atoms with van der Waals surface area (Å²) >= 11 is 3.12. The molecule has 152 valence electrons. The molecule has 4 aromatic rings. The van der Waals surface area contributed by atoms with Crippen molar-refractivity contribution >= 4 is 34.5 Å². The molecule has 4 rings (SSSR count). The van der Waals surface area contributed by atoms with Crippen LogP contribution in [-0.2, 0) is 11.2 Å². The average molecular weight is 437 g/mol. The van der Waals surface area contributed by atoms with Crippen molar-refractivity contribution in [3.63, 3.8) is 0 Å². The zero-order chi connectivity index (χ0) is 21.1. The summed E-state index contributed by atoms with van der Waals surface area (Å²) in [6.45, 7) is 3.83. The Morgan fingerprint density at radius 3 is 2.57 bits per heavy atom. The molecule has 0 fully saturated rings. The molecule has 2 amide bonds. The van der Waals surface area contributed by atoms with Crippen LogP contribution in [0.4, 0.5) is 0 Å². The van der Waals surface area contributed by atoms with Crippen molar-refractivity contribution in [1.82, 2.24) is 20.4 Å². The van der Waals surface area contributed by atoms with Gasteiger partial charge in [-0.15, -0.1) is 22.7 Å². The summed E-state index contributed by atoms with van der Waals surface area (Å²) in [5, 5.41) is 4.75. The Morgan fingerprint density at radius 1 is 1.03 bits per heavy atom. The number of nitrogens with one attached hydrogen (secondary N) is 2. The SMILES string of the molecule is Cc1cc(C(=O)NNC(=O)Cc2csc(-c3cccs3)n2)c(C)n1-c1ccccc1. The van der Waals surface area contributed by atoms with Crippen molar-refractivity contribution in [2.45, 2.75) is 20.3 Å². The highest BCUT2D eigenvalue weighted by Gasteiger charge is 2.17. The number of thiazole rings is 1. The van der Waals surface area contributed by atoms with Gasteiger partial charge in [0.2, 0.25) is 5.91 Å². The molecular weight excluding hydrogens is 416 g/mol. The number of nitrogens with zero attached hydrogens (tertiary/aromatic N) is 2. The van der Waals surface area contributed by atoms with Gasteiger partial charge in [0.15, 0.2) is 0 Å². The molecule has 0 bridgehead atoms. The van der Waals surface area contributed by atoms with Crippen LogP contribution < -0.4 is 10.9 Å². The van der Waals surface area contributed by atoms with Crippen LogP contribution in [-0.4, -0.2) is 21.4 Å². The van der Waals surface area contributed by atoms with Crippen molar-refractivity contribution in [1.29, 1.82) is 0 Å². The maximum Gasteiger partial charge on any atom is 0.271 e. The number of hydrogen-bond donors (Lipinski definition) is 2. The van der Waals surface area contributed by atoms with Crippen molar-refractivity contribution in [2.24, 2.45) is 0 Å². The molecule has 2 N–H and O–H groups in total. The minimum absolute atomic E-state index is 0.102. The predicted molar refractivity (Wildman–Crippen MR) is 120 cm³/mol. The molecule has 0 saturated carbocycles. The minimum Gasteiger partial charge on any atom is -0.318 e. The molecular formula is C22H20N4O2S2. The lowest BCUT2D eigenvalue weighted by atomic mass is 10.2. The van der Waals surface area contributed by atoms with Crippen molar-refractivity contribution in [2.75, 3.05) is 0 Å². The van der Waals surface area contributed by atoms with Gasteiger partial charge in [-0.1, -0.05) is 24.3 Å². The third kappa shape index (κ3) is 4.19. The number of hydrazine groups is 1. The zero-order valence-electron chi connectivity index (χ0n) is 16.5. The van der Waals surface area contributed by atoms with Crippen LogP contribution in [0.3, 0.4) is 0 Å². The summed E-state index contributed by atoms with van der Waals surface area (Å²) in [7, 11) is 0. The van der Waals surface area contributed by atoms with E-state index in [4.69, 9.17) is 0 Å². The number of para-hydroxylation sites is 1. The van der Waals surface area contributed by atoms with Gasteiger partial charge in [0, 0.05) is 22.5 Å². The normalized spacial score (nSPS) is 10.7. The number of carbonyl (C=O) groups is 2. The molecule has 8 heteroatoms. The summed E-state index contributed by atoms with van der Waals surface area (Å²) < 4.78 is 2.01. The second kappa shape index (κ2) is 8.64. The Hall–Kier alpha value is -3.23. The Balaban J connectivity index is 1.39. The number of aryl methyl sites for hydroxylation is 1. The van der Waals surface area contributed by atoms with Gasteiger partial charge < -0.3 is 4.57 Å². The van der Waals surface area contributed by atoms with E-state index in [0.29, 0.717) is 11.3 Å². The lowest BCUT2D eigenvalue weighted by Gasteiger charge is -2.10. The number of thiophene rings is 1. The smallest absolute Gasteiger partial charge is 0.271 e. The Bertz CT molecular complexity index is 1180. The maximum atomic E-state index is 12.6. The van der Waals surface area contributed by atoms with Crippen molar-refractivity contribution < 1.29 is 9.59 Å². The minimum atomic E-state index is -0.351. The van der Waals surface area contributed by atoms with E-state index >= 15 is 0 Å². The van der Waals surface area contributed by atoms with Crippen LogP contribution in [0.15, 0.2) is 59.3 Å². The van der Waals surface area contributed by atoms with Crippen LogP contribution in [0.2, 0.25) is 0 Å². The van der Waals surface area contributed by atoms with Crippen LogP contribution in [0.25, 0.3) is 15.6 Å². The molecule has 0 saturated heterocycles. The van der Waals surface area contributed by atoms with Gasteiger partial charge in [-0.25, -0.2) is 4.98 Å². The first-order valence-corrected chi connectivity index (χ1v) is 11.1. The Kier molecular flexibility index (Phi) is 5.78. The van der Waals surface area contributed by atoms with Crippen LogP contribution in [0.1, 0.15) is 27.4 Å². The molecule has 1 aromatic carbocycles. The maximum absolute atomic E-state index is 12.6. The molecule has 0 unspecified atom stereocenters. The van der Waals surface area contributed by atoms with Crippen molar-refractivity contribution in [3.8, 4) is 15.6 Å². The zero-order valence-corrected chi connectivity index (χ0v) is 18.1. The first-order valence-electron chi connectivity index (χ1n) is 9.35. The van der Waals surface area contributed by atoms with Crippen LogP contribution >= 0.6 is 22.7 Å². The van der Waals surface area contributed by atoms with Gasteiger partial charge in [-0.2, -0.15) is 0 Å². The summed E-state index contributed by atoms with van der Waals surface area (Å²) in [6.07, 6.45) is 0.102. The molecule has 0 radical (unpaired) electrons. The number of rotatable bonds is 5. The standard InChI is InChI=1S/C22H20N4O2S2/c1-14-11-18(15(2)26(14)17-7-4-3-5-8-17)21(28)25-24-20(27)12-16-13-30-22(23-16)19-9-6-10-29-19/h3-11,13H,12H2,1-2H3,(H,24,27)(H,25,28). The molecule has 0 atom stereocenters. The summed E-state index contributed by atoms with van der Waals surface area (Å²) in [4.78, 5) is 30.5. The summed E-state index contributed by atoms with van der Waals surface area (Å²) in [5.41, 5.74) is 8.94. The van der Waals surface area contributed by atoms with E-state index < -0.39 is 0 Å². The molecule has 30 heavy (non-hydrogen) atoms. The van der Waals surface area contributed by atoms with E-state index in [1.165, 1.54) is 11.3 Å². The van der Waals surface area contributed by atoms with Gasteiger partial charge in [-0.3, -0.25) is 20.4 Å². The third-order valence-electron chi connectivity index (χ3n) is 4.63. The van der Waals surface area contributed by atoms with Gasteiger partial charge in [0.25, 0.3) is 5.91 Å². The molecule has 0 aliphatic rings. The van der Waals surface area contributed by atoms with Gasteiger partial charge in [-0.05, 0) is 43.5 Å². The van der Waals surface area contributed by atoms with Gasteiger partial charge in [0.05, 0.1) is 22.6 Å². The first-order chi connectivity index (χ1) is 14.5. The van der Waals surface area contributed by atoms with E-state index in [-0.39, 0.29) is 18.2 Å². The number of benzene rings is 1. The van der Waals surface area contributed by atoms with Crippen LogP contribution in [0.5, 0.6) is 0 Å². The third-order valence-corrected chi connectivity index (χ3v) is 6.56. The molecule has 3 heterocycles. The summed E-state index contributed by atoms with van der Waals surface area (Å²) in [5.74, 6) is -0.667. The second-order valence-electron chi connectivity index (χ2n) is 6.76. The Labute approximate surface area is 182 Å². The fourth-order valence-electron chi connectivity index (χ4n) is 3.27. The quantitative estimate of drug-likeness (QED) is 0.459.